The summed E-state index contributed by atoms with van der Waals surface area (Å²) in [4.78, 5) is 0. The molecule has 0 saturated heterocycles. The maximum Gasteiger partial charge on any atom is 0.0465 e. The van der Waals surface area contributed by atoms with E-state index in [2.05, 4.69) is 15.9 Å². The molecule has 0 unspecified atom stereocenters. The van der Waals surface area contributed by atoms with E-state index in [9.17, 15) is 0 Å². The Morgan fingerprint density at radius 1 is 1.38 bits per heavy atom. The van der Waals surface area contributed by atoms with Crippen molar-refractivity contribution in [2.24, 2.45) is 0 Å². The lowest BCUT2D eigenvalue weighted by molar-refractivity contribution is 0.303. The summed E-state index contributed by atoms with van der Waals surface area (Å²) >= 11 is 9.20. The fourth-order valence-electron chi connectivity index (χ4n) is 0.965. The van der Waals surface area contributed by atoms with Crippen molar-refractivity contribution < 1.29 is 5.11 Å². The minimum atomic E-state index is 0.179. The molecule has 0 bridgehead atoms. The van der Waals surface area contributed by atoms with Gasteiger partial charge in [-0.05, 0) is 30.2 Å². The summed E-state index contributed by atoms with van der Waals surface area (Å²) in [7, 11) is 0. The van der Waals surface area contributed by atoms with Gasteiger partial charge in [0.25, 0.3) is 0 Å². The van der Waals surface area contributed by atoms with E-state index in [1.807, 2.05) is 30.4 Å². The fourth-order valence-corrected chi connectivity index (χ4v) is 1.85. The Labute approximate surface area is 91.2 Å². The van der Waals surface area contributed by atoms with Gasteiger partial charge in [0, 0.05) is 16.1 Å². The third kappa shape index (κ3) is 3.94. The van der Waals surface area contributed by atoms with Crippen LogP contribution in [0.25, 0.3) is 6.08 Å². The molecular formula is C10H10BrClO. The van der Waals surface area contributed by atoms with Gasteiger partial charge >= 0.3 is 0 Å². The Balaban J connectivity index is 2.77. The van der Waals surface area contributed by atoms with Crippen molar-refractivity contribution in [3.8, 4) is 0 Å². The topological polar surface area (TPSA) is 20.2 Å². The zero-order chi connectivity index (χ0) is 9.68. The average Bonchev–Trinajstić information content (AvgIpc) is 2.03. The van der Waals surface area contributed by atoms with Gasteiger partial charge in [0.2, 0.25) is 0 Å². The van der Waals surface area contributed by atoms with Crippen LogP contribution in [0, 0.1) is 0 Å². The fraction of sp³-hybridized carbons (Fsp3) is 0.200. The van der Waals surface area contributed by atoms with Crippen molar-refractivity contribution in [2.75, 3.05) is 6.61 Å². The van der Waals surface area contributed by atoms with Gasteiger partial charge in [0.05, 0.1) is 0 Å². The number of hydrogen-bond donors (Lipinski definition) is 1. The lowest BCUT2D eigenvalue weighted by Gasteiger charge is -1.96. The first-order chi connectivity index (χ1) is 6.22. The van der Waals surface area contributed by atoms with Crippen LogP contribution >= 0.6 is 27.5 Å². The van der Waals surface area contributed by atoms with Crippen LogP contribution in [0.2, 0.25) is 5.02 Å². The Kier molecular flexibility index (Phi) is 4.50. The molecule has 1 rings (SSSR count). The lowest BCUT2D eigenvalue weighted by atomic mass is 10.2. The first kappa shape index (κ1) is 10.8. The van der Waals surface area contributed by atoms with E-state index in [1.165, 1.54) is 0 Å². The van der Waals surface area contributed by atoms with Gasteiger partial charge in [0.15, 0.2) is 0 Å². The summed E-state index contributed by atoms with van der Waals surface area (Å²) < 4.78 is 0.962. The summed E-state index contributed by atoms with van der Waals surface area (Å²) in [6, 6.07) is 5.69. The van der Waals surface area contributed by atoms with E-state index in [4.69, 9.17) is 16.7 Å². The maximum atomic E-state index is 8.57. The average molecular weight is 262 g/mol. The van der Waals surface area contributed by atoms with Crippen LogP contribution in [0.3, 0.4) is 0 Å². The van der Waals surface area contributed by atoms with Crippen LogP contribution in [0.5, 0.6) is 0 Å². The molecule has 0 aliphatic carbocycles. The molecule has 0 saturated carbocycles. The van der Waals surface area contributed by atoms with Gasteiger partial charge in [-0.2, -0.15) is 0 Å². The number of rotatable bonds is 3. The molecule has 1 aromatic rings. The van der Waals surface area contributed by atoms with Crippen molar-refractivity contribution >= 4 is 33.6 Å². The summed E-state index contributed by atoms with van der Waals surface area (Å²) in [6.45, 7) is 0.179. The Bertz CT molecular complexity index is 290. The first-order valence-corrected chi connectivity index (χ1v) is 5.13. The van der Waals surface area contributed by atoms with E-state index in [0.29, 0.717) is 11.4 Å². The molecule has 0 aromatic heterocycles. The highest BCUT2D eigenvalue weighted by molar-refractivity contribution is 9.10. The largest absolute Gasteiger partial charge is 0.396 e. The quantitative estimate of drug-likeness (QED) is 0.883. The van der Waals surface area contributed by atoms with E-state index in [-0.39, 0.29) is 6.61 Å². The van der Waals surface area contributed by atoms with Crippen LogP contribution in [-0.4, -0.2) is 11.7 Å². The molecule has 3 heteroatoms. The number of halogens is 2. The summed E-state index contributed by atoms with van der Waals surface area (Å²) in [5, 5.41) is 9.27. The molecule has 1 aromatic carbocycles. The van der Waals surface area contributed by atoms with Gasteiger partial charge in [-0.15, -0.1) is 0 Å². The first-order valence-electron chi connectivity index (χ1n) is 3.96. The lowest BCUT2D eigenvalue weighted by Crippen LogP contribution is -1.77. The second-order valence-electron chi connectivity index (χ2n) is 2.62. The van der Waals surface area contributed by atoms with Crippen molar-refractivity contribution in [1.29, 1.82) is 0 Å². The molecule has 0 heterocycles. The smallest absolute Gasteiger partial charge is 0.0465 e. The van der Waals surface area contributed by atoms with Gasteiger partial charge in [-0.25, -0.2) is 0 Å². The highest BCUT2D eigenvalue weighted by Crippen LogP contribution is 2.20. The molecule has 0 amide bonds. The molecule has 0 aliphatic heterocycles. The van der Waals surface area contributed by atoms with Crippen LogP contribution in [-0.2, 0) is 0 Å². The van der Waals surface area contributed by atoms with Gasteiger partial charge in [-0.3, -0.25) is 0 Å². The number of hydrogen-bond acceptors (Lipinski definition) is 1. The zero-order valence-corrected chi connectivity index (χ0v) is 9.35. The Morgan fingerprint density at radius 2 is 2.15 bits per heavy atom. The molecule has 0 spiro atoms. The van der Waals surface area contributed by atoms with Crippen molar-refractivity contribution in [2.45, 2.75) is 6.42 Å². The van der Waals surface area contributed by atoms with Gasteiger partial charge in [-0.1, -0.05) is 39.7 Å². The van der Waals surface area contributed by atoms with E-state index in [0.717, 1.165) is 10.0 Å². The van der Waals surface area contributed by atoms with Crippen LogP contribution < -0.4 is 0 Å². The molecule has 0 fully saturated rings. The van der Waals surface area contributed by atoms with Gasteiger partial charge in [0.1, 0.15) is 0 Å². The van der Waals surface area contributed by atoms with Crippen molar-refractivity contribution in [1.82, 2.24) is 0 Å². The molecule has 1 nitrogen and oxygen atoms in total. The molecule has 1 N–H and O–H groups in total. The number of benzene rings is 1. The summed E-state index contributed by atoms with van der Waals surface area (Å²) in [5.74, 6) is 0. The third-order valence-corrected chi connectivity index (χ3v) is 2.17. The maximum absolute atomic E-state index is 8.57. The second-order valence-corrected chi connectivity index (χ2v) is 3.97. The predicted octanol–water partition coefficient (Wildman–Crippen LogP) is 3.50. The van der Waals surface area contributed by atoms with Crippen LogP contribution in [0.15, 0.2) is 28.7 Å². The van der Waals surface area contributed by atoms with E-state index in [1.54, 1.807) is 0 Å². The third-order valence-electron chi connectivity index (χ3n) is 1.49. The molecule has 0 atom stereocenters. The van der Waals surface area contributed by atoms with E-state index >= 15 is 0 Å². The Hall–Kier alpha value is -0.310. The number of aliphatic hydroxyl groups is 1. The minimum absolute atomic E-state index is 0.179. The normalized spacial score (nSPS) is 11.0. The second kappa shape index (κ2) is 5.43. The molecule has 0 radical (unpaired) electrons. The summed E-state index contributed by atoms with van der Waals surface area (Å²) in [5.41, 5.74) is 1.04. The highest BCUT2D eigenvalue weighted by atomic mass is 79.9. The number of aliphatic hydroxyl groups excluding tert-OH is 1. The van der Waals surface area contributed by atoms with Crippen molar-refractivity contribution in [3.63, 3.8) is 0 Å². The van der Waals surface area contributed by atoms with Crippen LogP contribution in [0.1, 0.15) is 12.0 Å². The zero-order valence-electron chi connectivity index (χ0n) is 7.00. The van der Waals surface area contributed by atoms with Crippen molar-refractivity contribution in [3.05, 3.63) is 39.3 Å². The van der Waals surface area contributed by atoms with Crippen LogP contribution in [0.4, 0.5) is 0 Å². The monoisotopic (exact) mass is 260 g/mol. The Morgan fingerprint density at radius 3 is 2.77 bits per heavy atom. The van der Waals surface area contributed by atoms with E-state index < -0.39 is 0 Å². The van der Waals surface area contributed by atoms with Gasteiger partial charge < -0.3 is 5.11 Å². The predicted molar refractivity (Wildman–Crippen MR) is 59.9 cm³/mol. The highest BCUT2D eigenvalue weighted by Gasteiger charge is 1.93. The molecular weight excluding hydrogens is 251 g/mol. The summed E-state index contributed by atoms with van der Waals surface area (Å²) in [6.07, 6.45) is 4.52. The molecule has 13 heavy (non-hydrogen) atoms. The molecule has 70 valence electrons. The SMILES string of the molecule is OCCC=Cc1cc(Cl)cc(Br)c1. The minimum Gasteiger partial charge on any atom is -0.396 e. The standard InChI is InChI=1S/C10H10BrClO/c11-9-5-8(3-1-2-4-13)6-10(12)7-9/h1,3,5-7,13H,2,4H2. The molecule has 0 aliphatic rings.